The molecule has 238 valence electrons. The number of nitrogen functional groups attached to an aromatic ring is 1. The number of carbonyl (C=O) groups is 1. The third-order valence-electron chi connectivity index (χ3n) is 7.09. The van der Waals surface area contributed by atoms with Crippen LogP contribution in [0, 0.1) is 0 Å². The van der Waals surface area contributed by atoms with Crippen LogP contribution in [0.5, 0.6) is 5.88 Å². The number of nitrogens with zero attached hydrogens (tertiary/aromatic N) is 4. The Morgan fingerprint density at radius 1 is 1.11 bits per heavy atom. The van der Waals surface area contributed by atoms with Gasteiger partial charge in [-0.1, -0.05) is 44.0 Å². The predicted octanol–water partition coefficient (Wildman–Crippen LogP) is 6.14. The SMILES string of the molecule is CCCC[C@](C)(CO[P@](=O)(N[C@@H](C)C(=O)OC(C)C)Oc1ccccn1)n1c(COCC)nc2c(N)nc3ccccc3c21. The van der Waals surface area contributed by atoms with Gasteiger partial charge in [-0.2, -0.15) is 5.09 Å². The van der Waals surface area contributed by atoms with Gasteiger partial charge in [0.05, 0.1) is 29.3 Å². The van der Waals surface area contributed by atoms with Crippen molar-refractivity contribution in [1.29, 1.82) is 0 Å². The first kappa shape index (κ1) is 33.3. The number of benzene rings is 1. The number of pyridine rings is 2. The molecule has 0 amide bonds. The summed E-state index contributed by atoms with van der Waals surface area (Å²) in [5, 5.41) is 3.63. The summed E-state index contributed by atoms with van der Waals surface area (Å²) in [6.45, 7) is 11.7. The highest BCUT2D eigenvalue weighted by molar-refractivity contribution is 7.52. The quantitative estimate of drug-likeness (QED) is 0.109. The summed E-state index contributed by atoms with van der Waals surface area (Å²) in [4.78, 5) is 26.3. The Balaban J connectivity index is 1.81. The molecule has 0 aliphatic heterocycles. The van der Waals surface area contributed by atoms with Gasteiger partial charge in [0, 0.05) is 24.3 Å². The van der Waals surface area contributed by atoms with Crippen molar-refractivity contribution in [2.45, 2.75) is 85.1 Å². The van der Waals surface area contributed by atoms with Gasteiger partial charge < -0.3 is 24.3 Å². The molecule has 0 fully saturated rings. The molecule has 3 aromatic heterocycles. The average Bonchev–Trinajstić information content (AvgIpc) is 3.39. The highest BCUT2D eigenvalue weighted by Gasteiger charge is 2.39. The van der Waals surface area contributed by atoms with Crippen molar-refractivity contribution < 1.29 is 27.9 Å². The van der Waals surface area contributed by atoms with E-state index in [1.165, 1.54) is 6.20 Å². The largest absolute Gasteiger partial charge is 0.462 e. The van der Waals surface area contributed by atoms with Gasteiger partial charge >= 0.3 is 13.7 Å². The fourth-order valence-electron chi connectivity index (χ4n) is 4.99. The third-order valence-corrected chi connectivity index (χ3v) is 8.69. The summed E-state index contributed by atoms with van der Waals surface area (Å²) in [5.74, 6) is 0.433. The summed E-state index contributed by atoms with van der Waals surface area (Å²) < 4.78 is 39.7. The number of unbranched alkanes of at least 4 members (excludes halogenated alkanes) is 1. The fourth-order valence-corrected chi connectivity index (χ4v) is 6.55. The number of esters is 1. The smallest absolute Gasteiger partial charge is 0.460 e. The molecular weight excluding hydrogens is 583 g/mol. The molecule has 0 spiro atoms. The second-order valence-corrected chi connectivity index (χ2v) is 12.9. The van der Waals surface area contributed by atoms with Crippen molar-refractivity contribution in [2.24, 2.45) is 0 Å². The molecule has 0 aliphatic carbocycles. The van der Waals surface area contributed by atoms with E-state index < -0.39 is 25.3 Å². The van der Waals surface area contributed by atoms with Gasteiger partial charge in [-0.3, -0.25) is 9.32 Å². The van der Waals surface area contributed by atoms with E-state index in [9.17, 15) is 9.36 Å². The van der Waals surface area contributed by atoms with E-state index in [4.69, 9.17) is 29.2 Å². The predicted molar refractivity (Wildman–Crippen MR) is 170 cm³/mol. The van der Waals surface area contributed by atoms with Crippen molar-refractivity contribution in [3.05, 3.63) is 54.5 Å². The van der Waals surface area contributed by atoms with Gasteiger partial charge in [0.25, 0.3) is 0 Å². The van der Waals surface area contributed by atoms with Crippen LogP contribution in [0.4, 0.5) is 5.82 Å². The molecule has 0 unspecified atom stereocenters. The Bertz CT molecular complexity index is 1610. The van der Waals surface area contributed by atoms with E-state index in [2.05, 4.69) is 26.5 Å². The summed E-state index contributed by atoms with van der Waals surface area (Å²) >= 11 is 0. The number of para-hydroxylation sites is 1. The number of anilines is 1. The van der Waals surface area contributed by atoms with E-state index in [1.54, 1.807) is 39.0 Å². The van der Waals surface area contributed by atoms with Gasteiger partial charge in [-0.15, -0.1) is 0 Å². The van der Waals surface area contributed by atoms with Crippen molar-refractivity contribution in [3.8, 4) is 5.88 Å². The maximum atomic E-state index is 14.4. The number of fused-ring (bicyclic) bond motifs is 3. The molecule has 0 saturated heterocycles. The molecule has 1 aromatic carbocycles. The van der Waals surface area contributed by atoms with Crippen LogP contribution in [-0.4, -0.2) is 50.8 Å². The molecule has 3 N–H and O–H groups in total. The van der Waals surface area contributed by atoms with Crippen LogP contribution in [0.2, 0.25) is 0 Å². The Hall–Kier alpha value is -3.57. The Kier molecular flexibility index (Phi) is 11.0. The van der Waals surface area contributed by atoms with E-state index in [1.807, 2.05) is 38.1 Å². The molecule has 3 atom stereocenters. The van der Waals surface area contributed by atoms with Crippen molar-refractivity contribution in [3.63, 3.8) is 0 Å². The lowest BCUT2D eigenvalue weighted by molar-refractivity contribution is -0.149. The first-order valence-corrected chi connectivity index (χ1v) is 16.5. The maximum Gasteiger partial charge on any atom is 0.460 e. The number of nitrogens with two attached hydrogens (primary N) is 1. The summed E-state index contributed by atoms with van der Waals surface area (Å²) in [6, 6.07) is 11.7. The zero-order valence-corrected chi connectivity index (χ0v) is 27.2. The number of carbonyl (C=O) groups excluding carboxylic acids is 1. The van der Waals surface area contributed by atoms with Crippen LogP contribution in [0.3, 0.4) is 0 Å². The standard InChI is InChI=1S/C31H43N6O6P/c1-7-9-17-31(6,20-41-44(39,43-26-16-12-13-18-33-26)36-22(5)30(38)42-21(3)4)37-25(19-40-8-2)35-27-28(37)23-14-10-11-15-24(23)34-29(27)32/h10-16,18,21-22H,7-9,17,19-20H2,1-6H3,(H2,32,34)(H,36,39)/t22-,31+,44+/m0/s1. The van der Waals surface area contributed by atoms with Crippen LogP contribution in [0.25, 0.3) is 21.9 Å². The van der Waals surface area contributed by atoms with Crippen LogP contribution in [0.15, 0.2) is 48.7 Å². The Morgan fingerprint density at radius 2 is 1.86 bits per heavy atom. The van der Waals surface area contributed by atoms with Crippen LogP contribution >= 0.6 is 7.75 Å². The summed E-state index contributed by atoms with van der Waals surface area (Å²) in [7, 11) is -4.19. The highest BCUT2D eigenvalue weighted by atomic mass is 31.2. The first-order valence-electron chi connectivity index (χ1n) is 15.0. The molecule has 13 heteroatoms. The van der Waals surface area contributed by atoms with Gasteiger partial charge in [-0.05, 0) is 53.2 Å². The zero-order chi connectivity index (χ0) is 31.9. The molecule has 0 aliphatic rings. The number of imidazole rings is 1. The normalized spacial score (nSPS) is 15.2. The lowest BCUT2D eigenvalue weighted by Crippen LogP contribution is -2.40. The topological polar surface area (TPSA) is 153 Å². The number of hydrogen-bond donors (Lipinski definition) is 2. The lowest BCUT2D eigenvalue weighted by atomic mass is 9.94. The molecule has 4 rings (SSSR count). The van der Waals surface area contributed by atoms with Gasteiger partial charge in [-0.25, -0.2) is 19.5 Å². The third kappa shape index (κ3) is 7.74. The van der Waals surface area contributed by atoms with Crippen LogP contribution in [0.1, 0.15) is 66.6 Å². The van der Waals surface area contributed by atoms with Crippen molar-refractivity contribution in [2.75, 3.05) is 18.9 Å². The number of ether oxygens (including phenoxy) is 2. The van der Waals surface area contributed by atoms with Crippen LogP contribution < -0.4 is 15.3 Å². The molecular formula is C31H43N6O6P. The van der Waals surface area contributed by atoms with Crippen molar-refractivity contribution >= 4 is 41.5 Å². The molecule has 0 saturated carbocycles. The number of nitrogens with one attached hydrogen (secondary N) is 1. The monoisotopic (exact) mass is 626 g/mol. The fraction of sp³-hybridized carbons (Fsp3) is 0.484. The van der Waals surface area contributed by atoms with Gasteiger partial charge in [0.1, 0.15) is 24.0 Å². The molecule has 0 radical (unpaired) electrons. The second-order valence-electron chi connectivity index (χ2n) is 11.2. The molecule has 3 heterocycles. The van der Waals surface area contributed by atoms with Crippen LogP contribution in [-0.2, 0) is 35.5 Å². The Labute approximate surface area is 258 Å². The maximum absolute atomic E-state index is 14.4. The van der Waals surface area contributed by atoms with E-state index >= 15 is 0 Å². The van der Waals surface area contributed by atoms with Crippen molar-refractivity contribution in [1.82, 2.24) is 24.6 Å². The Morgan fingerprint density at radius 3 is 2.55 bits per heavy atom. The van der Waals surface area contributed by atoms with E-state index in [-0.39, 0.29) is 25.2 Å². The lowest BCUT2D eigenvalue weighted by Gasteiger charge is -2.35. The summed E-state index contributed by atoms with van der Waals surface area (Å²) in [6.07, 6.45) is 3.55. The van der Waals surface area contributed by atoms with Gasteiger partial charge in [0.2, 0.25) is 5.88 Å². The van der Waals surface area contributed by atoms with E-state index in [0.29, 0.717) is 30.2 Å². The molecule has 12 nitrogen and oxygen atoms in total. The molecule has 44 heavy (non-hydrogen) atoms. The highest BCUT2D eigenvalue weighted by Crippen LogP contribution is 2.47. The summed E-state index contributed by atoms with van der Waals surface area (Å²) in [5.41, 5.74) is 7.70. The minimum Gasteiger partial charge on any atom is -0.462 e. The average molecular weight is 627 g/mol. The number of rotatable bonds is 16. The minimum absolute atomic E-state index is 0.0722. The van der Waals surface area contributed by atoms with E-state index in [0.717, 1.165) is 29.3 Å². The molecule has 4 aromatic rings. The minimum atomic E-state index is -4.19. The van der Waals surface area contributed by atoms with Gasteiger partial charge in [0.15, 0.2) is 5.82 Å². The second kappa shape index (κ2) is 14.5. The number of aromatic nitrogens is 4. The first-order chi connectivity index (χ1) is 21.0. The number of hydrogen-bond acceptors (Lipinski definition) is 10. The molecule has 0 bridgehead atoms. The zero-order valence-electron chi connectivity index (χ0n) is 26.3.